The topological polar surface area (TPSA) is 0 Å². The van der Waals surface area contributed by atoms with Gasteiger partial charge >= 0.3 is 0 Å². The molecule has 0 aromatic heterocycles. The molecule has 0 radical (unpaired) electrons. The first-order valence-electron chi connectivity index (χ1n) is 8.11. The van der Waals surface area contributed by atoms with Crippen molar-refractivity contribution in [3.05, 3.63) is 30.3 Å². The first-order valence-corrected chi connectivity index (χ1v) is 8.11. The zero-order chi connectivity index (χ0) is 14.5. The maximum absolute atomic E-state index is 2.38. The fourth-order valence-corrected chi connectivity index (χ4v) is 4.27. The first-order chi connectivity index (χ1) is 8.85. The van der Waals surface area contributed by atoms with Crippen molar-refractivity contribution in [2.24, 2.45) is 17.8 Å². The maximum atomic E-state index is 2.38. The van der Waals surface area contributed by atoms with Crippen molar-refractivity contribution < 1.29 is 0 Å². The minimum atomic E-state index is -0.415. The molecule has 1 heteroatoms. The summed E-state index contributed by atoms with van der Waals surface area (Å²) in [4.78, 5) is 0. The normalized spacial score (nSPS) is 12.7. The van der Waals surface area contributed by atoms with E-state index in [1.165, 1.54) is 19.0 Å². The second kappa shape index (κ2) is 7.17. The molecule has 0 spiro atoms. The van der Waals surface area contributed by atoms with Crippen LogP contribution >= 0.6 is 0 Å². The molecule has 0 saturated heterocycles. The third kappa shape index (κ3) is 5.05. The van der Waals surface area contributed by atoms with Gasteiger partial charge in [0.05, 0.1) is 0 Å². The van der Waals surface area contributed by atoms with Gasteiger partial charge in [0.15, 0.2) is 0 Å². The third-order valence-electron chi connectivity index (χ3n) is 4.27. The summed E-state index contributed by atoms with van der Waals surface area (Å²) in [7, 11) is 0. The summed E-state index contributed by atoms with van der Waals surface area (Å²) in [6, 6.07) is 11.3. The van der Waals surface area contributed by atoms with Gasteiger partial charge < -0.3 is 0 Å². The monoisotopic (exact) mass is 259 g/mol. The van der Waals surface area contributed by atoms with E-state index in [-0.39, 0.29) is 0 Å². The fourth-order valence-electron chi connectivity index (χ4n) is 4.27. The quantitative estimate of drug-likeness (QED) is 0.582. The molecule has 0 amide bonds. The Morgan fingerprint density at radius 2 is 1.05 bits per heavy atom. The van der Waals surface area contributed by atoms with E-state index >= 15 is 0 Å². The van der Waals surface area contributed by atoms with Gasteiger partial charge in [-0.05, 0) is 0 Å². The lowest BCUT2D eigenvalue weighted by Gasteiger charge is -2.45. The molecule has 19 heavy (non-hydrogen) atoms. The van der Waals surface area contributed by atoms with Gasteiger partial charge in [0.2, 0.25) is 0 Å². The van der Waals surface area contributed by atoms with Crippen LogP contribution in [0.1, 0.15) is 41.5 Å². The van der Waals surface area contributed by atoms with E-state index < -0.39 is 6.15 Å². The summed E-state index contributed by atoms with van der Waals surface area (Å²) in [5.41, 5.74) is 1.61. The van der Waals surface area contributed by atoms with Crippen LogP contribution in [0.15, 0.2) is 30.3 Å². The molecule has 0 saturated carbocycles. The number of benzene rings is 1. The van der Waals surface area contributed by atoms with Crippen molar-refractivity contribution in [1.82, 2.24) is 0 Å². The molecular weight excluding hydrogens is 227 g/mol. The molecule has 0 atom stereocenters. The molecule has 0 aliphatic carbocycles. The van der Waals surface area contributed by atoms with Crippen molar-refractivity contribution in [2.75, 3.05) is 0 Å². The highest BCUT2D eigenvalue weighted by atomic mass is 14.1. The van der Waals surface area contributed by atoms with Gasteiger partial charge in [-0.1, -0.05) is 89.6 Å². The Morgan fingerprint density at radius 1 is 0.684 bits per heavy atom. The zero-order valence-corrected chi connectivity index (χ0v) is 13.8. The Bertz CT molecular complexity index is 325. The van der Waals surface area contributed by atoms with E-state index in [9.17, 15) is 0 Å². The molecule has 0 heterocycles. The lowest BCUT2D eigenvalue weighted by atomic mass is 9.14. The molecule has 1 aromatic carbocycles. The molecule has 0 fully saturated rings. The zero-order valence-electron chi connectivity index (χ0n) is 13.8. The van der Waals surface area contributed by atoms with Gasteiger partial charge in [0, 0.05) is 6.15 Å². The fraction of sp³-hybridized carbons (Fsp3) is 0.667. The highest BCUT2D eigenvalue weighted by Crippen LogP contribution is 2.31. The van der Waals surface area contributed by atoms with Crippen LogP contribution in [-0.4, -0.2) is 6.15 Å². The highest BCUT2D eigenvalue weighted by Gasteiger charge is 2.28. The highest BCUT2D eigenvalue weighted by molar-refractivity contribution is 6.92. The first kappa shape index (κ1) is 16.3. The Hall–Kier alpha value is -0.715. The molecule has 1 rings (SSSR count). The summed E-state index contributed by atoms with van der Waals surface area (Å²) >= 11 is 0. The van der Waals surface area contributed by atoms with Crippen molar-refractivity contribution in [2.45, 2.75) is 60.5 Å². The lowest BCUT2D eigenvalue weighted by molar-refractivity contribution is 0.649. The summed E-state index contributed by atoms with van der Waals surface area (Å²) in [6.07, 6.45) is 3.67. The Labute approximate surface area is 120 Å². The van der Waals surface area contributed by atoms with Crippen molar-refractivity contribution >= 4 is 11.6 Å². The smallest absolute Gasteiger partial charge is 0.0288 e. The van der Waals surface area contributed by atoms with Crippen molar-refractivity contribution in [3.63, 3.8) is 0 Å². The third-order valence-corrected chi connectivity index (χ3v) is 4.27. The van der Waals surface area contributed by atoms with E-state index in [0.717, 1.165) is 17.8 Å². The van der Waals surface area contributed by atoms with Crippen LogP contribution in [0.5, 0.6) is 0 Å². The molecular formula is C18H32B-. The second-order valence-electron chi connectivity index (χ2n) is 7.78. The molecule has 0 bridgehead atoms. The van der Waals surface area contributed by atoms with Crippen LogP contribution in [-0.2, 0) is 0 Å². The summed E-state index contributed by atoms with van der Waals surface area (Å²) < 4.78 is 0. The van der Waals surface area contributed by atoms with Crippen LogP contribution in [0.25, 0.3) is 0 Å². The SMILES string of the molecule is CC(C)C[B-](CC(C)C)(CC(C)C)c1ccccc1. The Morgan fingerprint density at radius 3 is 1.37 bits per heavy atom. The molecule has 0 unspecified atom stereocenters. The maximum Gasteiger partial charge on any atom is 0.0288 e. The predicted octanol–water partition coefficient (Wildman–Crippen LogP) is 5.31. The summed E-state index contributed by atoms with van der Waals surface area (Å²) in [5.74, 6) is 2.33. The Kier molecular flexibility index (Phi) is 6.17. The van der Waals surface area contributed by atoms with Gasteiger partial charge in [-0.2, -0.15) is 19.0 Å². The van der Waals surface area contributed by atoms with Crippen LogP contribution in [0, 0.1) is 17.8 Å². The molecule has 0 aliphatic rings. The van der Waals surface area contributed by atoms with Gasteiger partial charge in [-0.25, -0.2) is 5.46 Å². The minimum Gasteiger partial charge on any atom is -0.210 e. The van der Waals surface area contributed by atoms with Crippen LogP contribution in [0.2, 0.25) is 19.0 Å². The average Bonchev–Trinajstić information content (AvgIpc) is 2.27. The van der Waals surface area contributed by atoms with Gasteiger partial charge in [0.25, 0.3) is 0 Å². The van der Waals surface area contributed by atoms with E-state index in [4.69, 9.17) is 0 Å². The van der Waals surface area contributed by atoms with Crippen molar-refractivity contribution in [3.8, 4) is 0 Å². The Balaban J connectivity index is 3.16. The molecule has 1 aromatic rings. The molecule has 0 nitrogen and oxygen atoms in total. The largest absolute Gasteiger partial charge is 0.210 e. The van der Waals surface area contributed by atoms with Gasteiger partial charge in [-0.15, -0.1) is 0 Å². The molecule has 0 aliphatic heterocycles. The molecule has 0 N–H and O–H groups in total. The minimum absolute atomic E-state index is 0.415. The molecule has 108 valence electrons. The van der Waals surface area contributed by atoms with E-state index in [1.54, 1.807) is 5.46 Å². The van der Waals surface area contributed by atoms with E-state index in [1.807, 2.05) is 0 Å². The van der Waals surface area contributed by atoms with E-state index in [0.29, 0.717) is 0 Å². The van der Waals surface area contributed by atoms with Crippen LogP contribution < -0.4 is 5.46 Å². The van der Waals surface area contributed by atoms with E-state index in [2.05, 4.69) is 71.9 Å². The van der Waals surface area contributed by atoms with Gasteiger partial charge in [0.1, 0.15) is 0 Å². The average molecular weight is 259 g/mol. The summed E-state index contributed by atoms with van der Waals surface area (Å²) in [6.45, 7) is 14.3. The standard InChI is InChI=1S/C18H32B/c1-15(2)12-19(13-16(3)4,14-17(5)6)18-10-8-7-9-11-18/h7-11,15-17H,12-14H2,1-6H3/q-1. The second-order valence-corrected chi connectivity index (χ2v) is 7.78. The predicted molar refractivity (Wildman–Crippen MR) is 90.8 cm³/mol. The van der Waals surface area contributed by atoms with Crippen LogP contribution in [0.3, 0.4) is 0 Å². The van der Waals surface area contributed by atoms with Crippen molar-refractivity contribution in [1.29, 1.82) is 0 Å². The summed E-state index contributed by atoms with van der Waals surface area (Å²) in [5, 5.41) is 0. The number of rotatable bonds is 7. The van der Waals surface area contributed by atoms with Crippen LogP contribution in [0.4, 0.5) is 0 Å². The van der Waals surface area contributed by atoms with Gasteiger partial charge in [-0.3, -0.25) is 0 Å². The number of hydrogen-bond donors (Lipinski definition) is 0. The lowest BCUT2D eigenvalue weighted by Crippen LogP contribution is -2.50. The number of hydrogen-bond acceptors (Lipinski definition) is 0.